The predicted octanol–water partition coefficient (Wildman–Crippen LogP) is 12.0. The van der Waals surface area contributed by atoms with Gasteiger partial charge in [-0.25, -0.2) is 0 Å². The predicted molar refractivity (Wildman–Crippen MR) is 182 cm³/mol. The summed E-state index contributed by atoms with van der Waals surface area (Å²) in [7, 11) is 0. The minimum Gasteiger partial charge on any atom is -0.456 e. The lowest BCUT2D eigenvalue weighted by atomic mass is 9.93. The Kier molecular flexibility index (Phi) is 4.51. The summed E-state index contributed by atoms with van der Waals surface area (Å²) in [5, 5.41) is 9.98. The lowest BCUT2D eigenvalue weighted by Crippen LogP contribution is -1.84. The van der Waals surface area contributed by atoms with Crippen molar-refractivity contribution in [3.63, 3.8) is 0 Å². The summed E-state index contributed by atoms with van der Waals surface area (Å²) in [6.07, 6.45) is 0. The zero-order valence-corrected chi connectivity index (χ0v) is 23.3. The van der Waals surface area contributed by atoms with Crippen molar-refractivity contribution in [3.05, 3.63) is 146 Å². The second-order valence-electron chi connectivity index (χ2n) is 11.7. The zero-order chi connectivity index (χ0) is 28.1. The maximum Gasteiger partial charge on any atom is 0.136 e. The average molecular weight is 545 g/mol. The normalized spacial score (nSPS) is 12.2. The molecule has 0 saturated heterocycles. The molecule has 0 fully saturated rings. The number of benzene rings is 8. The Bertz CT molecular complexity index is 2620. The van der Waals surface area contributed by atoms with Crippen LogP contribution in [0, 0.1) is 0 Å². The molecule has 198 valence electrons. The molecule has 0 unspecified atom stereocenters. The van der Waals surface area contributed by atoms with Crippen LogP contribution in [-0.2, 0) is 0 Å². The number of rotatable bonds is 2. The molecule has 0 spiro atoms. The number of para-hydroxylation sites is 1. The molecule has 43 heavy (non-hydrogen) atoms. The summed E-state index contributed by atoms with van der Waals surface area (Å²) < 4.78 is 6.12. The Morgan fingerprint density at radius 1 is 0.302 bits per heavy atom. The highest BCUT2D eigenvalue weighted by molar-refractivity contribution is 6.19. The van der Waals surface area contributed by atoms with Crippen LogP contribution < -0.4 is 0 Å². The van der Waals surface area contributed by atoms with Crippen LogP contribution >= 0.6 is 0 Å². The molecule has 9 aromatic rings. The molecule has 1 heterocycles. The van der Waals surface area contributed by atoms with E-state index in [4.69, 9.17) is 4.42 Å². The first kappa shape index (κ1) is 23.0. The van der Waals surface area contributed by atoms with Crippen LogP contribution in [-0.4, -0.2) is 0 Å². The van der Waals surface area contributed by atoms with E-state index in [1.165, 1.54) is 87.6 Å². The highest BCUT2D eigenvalue weighted by Gasteiger charge is 2.21. The Labute approximate surface area is 248 Å². The van der Waals surface area contributed by atoms with Gasteiger partial charge in [0.05, 0.1) is 0 Å². The number of hydrogen-bond donors (Lipinski definition) is 0. The van der Waals surface area contributed by atoms with E-state index >= 15 is 0 Å². The zero-order valence-electron chi connectivity index (χ0n) is 23.3. The van der Waals surface area contributed by atoms with Crippen molar-refractivity contribution < 1.29 is 4.42 Å². The molecule has 8 aromatic carbocycles. The van der Waals surface area contributed by atoms with Crippen molar-refractivity contribution in [2.45, 2.75) is 0 Å². The smallest absolute Gasteiger partial charge is 0.136 e. The Morgan fingerprint density at radius 3 is 1.77 bits per heavy atom. The minimum atomic E-state index is 0.935. The van der Waals surface area contributed by atoms with Gasteiger partial charge in [-0.1, -0.05) is 103 Å². The topological polar surface area (TPSA) is 13.1 Å². The van der Waals surface area contributed by atoms with Crippen LogP contribution in [0.4, 0.5) is 0 Å². The third kappa shape index (κ3) is 3.28. The van der Waals surface area contributed by atoms with Gasteiger partial charge in [0.15, 0.2) is 0 Å². The number of furan rings is 1. The molecule has 1 aromatic heterocycles. The van der Waals surface area contributed by atoms with Gasteiger partial charge in [0.25, 0.3) is 0 Å². The van der Waals surface area contributed by atoms with Gasteiger partial charge in [-0.15, -0.1) is 0 Å². The molecule has 0 N–H and O–H groups in total. The van der Waals surface area contributed by atoms with Crippen molar-refractivity contribution in [1.82, 2.24) is 0 Å². The SMILES string of the molecule is c1ccc2c(c1)-c1cccc3cc(-c4ccc5cc(-c6ccc7c(ccc8oc9ccccc9c87)c6)ccc5c4)cc-2c13. The van der Waals surface area contributed by atoms with Gasteiger partial charge in [-0.2, -0.15) is 0 Å². The fourth-order valence-electron chi connectivity index (χ4n) is 7.32. The highest BCUT2D eigenvalue weighted by Crippen LogP contribution is 2.48. The second-order valence-corrected chi connectivity index (χ2v) is 11.7. The summed E-state index contributed by atoms with van der Waals surface area (Å²) in [5.41, 5.74) is 12.2. The summed E-state index contributed by atoms with van der Waals surface area (Å²) in [5.74, 6) is 0. The van der Waals surface area contributed by atoms with Crippen LogP contribution in [0.1, 0.15) is 0 Å². The Balaban J connectivity index is 1.06. The maximum absolute atomic E-state index is 6.12. The van der Waals surface area contributed by atoms with Crippen LogP contribution in [0.2, 0.25) is 0 Å². The van der Waals surface area contributed by atoms with E-state index in [1.807, 2.05) is 12.1 Å². The molecule has 0 bridgehead atoms. The van der Waals surface area contributed by atoms with Crippen molar-refractivity contribution in [1.29, 1.82) is 0 Å². The quantitative estimate of drug-likeness (QED) is 0.211. The van der Waals surface area contributed by atoms with E-state index in [0.717, 1.165) is 11.2 Å². The van der Waals surface area contributed by atoms with Gasteiger partial charge in [0.1, 0.15) is 11.2 Å². The average Bonchev–Trinajstić information content (AvgIpc) is 3.61. The van der Waals surface area contributed by atoms with E-state index in [-0.39, 0.29) is 0 Å². The van der Waals surface area contributed by atoms with Gasteiger partial charge in [0, 0.05) is 10.8 Å². The Morgan fingerprint density at radius 2 is 0.930 bits per heavy atom. The van der Waals surface area contributed by atoms with Crippen LogP contribution in [0.15, 0.2) is 150 Å². The summed E-state index contributed by atoms with van der Waals surface area (Å²) >= 11 is 0. The molecule has 1 aliphatic carbocycles. The molecule has 0 saturated carbocycles. The third-order valence-electron chi connectivity index (χ3n) is 9.35. The number of hydrogen-bond acceptors (Lipinski definition) is 1. The fourth-order valence-corrected chi connectivity index (χ4v) is 7.32. The summed E-state index contributed by atoms with van der Waals surface area (Å²) in [6.45, 7) is 0. The van der Waals surface area contributed by atoms with Crippen molar-refractivity contribution >= 4 is 54.3 Å². The summed E-state index contributed by atoms with van der Waals surface area (Å²) in [4.78, 5) is 0. The van der Waals surface area contributed by atoms with Crippen LogP contribution in [0.3, 0.4) is 0 Å². The first-order valence-corrected chi connectivity index (χ1v) is 14.8. The molecule has 0 amide bonds. The first-order chi connectivity index (χ1) is 21.3. The largest absolute Gasteiger partial charge is 0.456 e. The monoisotopic (exact) mass is 544 g/mol. The Hall–Kier alpha value is -5.66. The van der Waals surface area contributed by atoms with Crippen molar-refractivity contribution in [3.8, 4) is 44.5 Å². The van der Waals surface area contributed by atoms with Gasteiger partial charge in [0.2, 0.25) is 0 Å². The second kappa shape index (κ2) is 8.44. The van der Waals surface area contributed by atoms with Gasteiger partial charge < -0.3 is 4.42 Å². The van der Waals surface area contributed by atoms with Gasteiger partial charge >= 0.3 is 0 Å². The molecule has 1 aliphatic rings. The molecule has 0 radical (unpaired) electrons. The molecular weight excluding hydrogens is 520 g/mol. The molecule has 1 nitrogen and oxygen atoms in total. The molecule has 0 atom stereocenters. The lowest BCUT2D eigenvalue weighted by molar-refractivity contribution is 0.669. The van der Waals surface area contributed by atoms with Crippen molar-refractivity contribution in [2.24, 2.45) is 0 Å². The van der Waals surface area contributed by atoms with E-state index in [2.05, 4.69) is 133 Å². The standard InChI is InChI=1S/C42H24O/c1-2-8-35-34(7-1)36-10-5-6-31-23-32(24-38(35)41(31)36)29-15-14-25-20-26(12-13-27(25)21-29)28-16-18-33-30(22-28)17-19-40-42(33)37-9-3-4-11-39(37)43-40/h1-24H. The summed E-state index contributed by atoms with van der Waals surface area (Å²) in [6, 6.07) is 53.2. The van der Waals surface area contributed by atoms with E-state index in [0.29, 0.717) is 0 Å². The van der Waals surface area contributed by atoms with E-state index in [9.17, 15) is 0 Å². The van der Waals surface area contributed by atoms with Gasteiger partial charge in [-0.3, -0.25) is 0 Å². The van der Waals surface area contributed by atoms with E-state index in [1.54, 1.807) is 0 Å². The molecule has 1 heteroatoms. The minimum absolute atomic E-state index is 0.935. The van der Waals surface area contributed by atoms with Crippen molar-refractivity contribution in [2.75, 3.05) is 0 Å². The fraction of sp³-hybridized carbons (Fsp3) is 0. The molecule has 0 aliphatic heterocycles. The molecule has 10 rings (SSSR count). The first-order valence-electron chi connectivity index (χ1n) is 14.8. The lowest BCUT2D eigenvalue weighted by Gasteiger charge is -2.10. The van der Waals surface area contributed by atoms with Crippen LogP contribution in [0.25, 0.3) is 98.8 Å². The van der Waals surface area contributed by atoms with E-state index < -0.39 is 0 Å². The highest BCUT2D eigenvalue weighted by atomic mass is 16.3. The van der Waals surface area contributed by atoms with Crippen LogP contribution in [0.5, 0.6) is 0 Å². The van der Waals surface area contributed by atoms with Gasteiger partial charge in [-0.05, 0) is 119 Å². The molecular formula is C42H24O. The maximum atomic E-state index is 6.12. The third-order valence-corrected chi connectivity index (χ3v) is 9.35. The number of fused-ring (bicyclic) bond motifs is 9.